The fourth-order valence-electron chi connectivity index (χ4n) is 4.29. The molecule has 1 amide bonds. The standard InChI is InChI=1S/C25H31N5O3/c1-3-13-29(4-2)18-7-5-17(6-8-18)27-24(32)22-23(31)20-10-9-19(16-21(20)28-25(22)33)30-14-11-26-12-15-30/h5-10,16,26H,3-4,11-15H2,1-2H3,(H,27,32)(H2,28,31,33). The van der Waals surface area contributed by atoms with E-state index in [0.717, 1.165) is 57.1 Å². The van der Waals surface area contributed by atoms with E-state index in [1.165, 1.54) is 0 Å². The summed E-state index contributed by atoms with van der Waals surface area (Å²) in [7, 11) is 0. The molecule has 4 rings (SSSR count). The summed E-state index contributed by atoms with van der Waals surface area (Å²) in [4.78, 5) is 32.8. The van der Waals surface area contributed by atoms with Crippen LogP contribution < -0.4 is 26.0 Å². The molecule has 33 heavy (non-hydrogen) atoms. The molecule has 0 atom stereocenters. The van der Waals surface area contributed by atoms with Crippen LogP contribution >= 0.6 is 0 Å². The number of pyridine rings is 1. The topological polar surface area (TPSA) is 101 Å². The van der Waals surface area contributed by atoms with E-state index in [2.05, 4.69) is 39.3 Å². The van der Waals surface area contributed by atoms with Crippen molar-refractivity contribution in [3.63, 3.8) is 0 Å². The number of amides is 1. The van der Waals surface area contributed by atoms with Crippen molar-refractivity contribution in [2.24, 2.45) is 0 Å². The Hall–Kier alpha value is -3.52. The van der Waals surface area contributed by atoms with Gasteiger partial charge in [0, 0.05) is 61.7 Å². The minimum Gasteiger partial charge on any atom is -0.506 e. The van der Waals surface area contributed by atoms with E-state index in [9.17, 15) is 14.7 Å². The van der Waals surface area contributed by atoms with E-state index in [1.807, 2.05) is 24.3 Å². The lowest BCUT2D eigenvalue weighted by molar-refractivity contribution is 0.102. The van der Waals surface area contributed by atoms with Crippen LogP contribution in [0.2, 0.25) is 0 Å². The fourth-order valence-corrected chi connectivity index (χ4v) is 4.29. The predicted molar refractivity (Wildman–Crippen MR) is 134 cm³/mol. The highest BCUT2D eigenvalue weighted by Gasteiger charge is 2.20. The first kappa shape index (κ1) is 22.7. The van der Waals surface area contributed by atoms with E-state index in [1.54, 1.807) is 18.2 Å². The summed E-state index contributed by atoms with van der Waals surface area (Å²) in [5.74, 6) is -0.953. The number of rotatable bonds is 7. The summed E-state index contributed by atoms with van der Waals surface area (Å²) in [6.45, 7) is 9.63. The SMILES string of the molecule is CCCN(CC)c1ccc(NC(=O)c2c(O)c3ccc(N4CCNCC4)cc3[nH]c2=O)cc1. The van der Waals surface area contributed by atoms with E-state index >= 15 is 0 Å². The Balaban J connectivity index is 1.57. The number of nitrogens with zero attached hydrogens (tertiary/aromatic N) is 2. The number of hydrogen-bond acceptors (Lipinski definition) is 6. The Morgan fingerprint density at radius 3 is 2.52 bits per heavy atom. The number of piperazine rings is 1. The number of benzene rings is 2. The van der Waals surface area contributed by atoms with Gasteiger partial charge in [-0.1, -0.05) is 6.92 Å². The van der Waals surface area contributed by atoms with Gasteiger partial charge in [0.05, 0.1) is 5.52 Å². The quantitative estimate of drug-likeness (QED) is 0.442. The highest BCUT2D eigenvalue weighted by atomic mass is 16.3. The van der Waals surface area contributed by atoms with E-state index in [4.69, 9.17) is 0 Å². The van der Waals surface area contributed by atoms with Crippen molar-refractivity contribution >= 4 is 33.9 Å². The van der Waals surface area contributed by atoms with Crippen LogP contribution in [0.1, 0.15) is 30.6 Å². The molecule has 8 nitrogen and oxygen atoms in total. The maximum absolute atomic E-state index is 12.9. The molecule has 3 aromatic rings. The third-order valence-electron chi connectivity index (χ3n) is 6.05. The lowest BCUT2D eigenvalue weighted by Crippen LogP contribution is -2.43. The second-order valence-electron chi connectivity index (χ2n) is 8.23. The van der Waals surface area contributed by atoms with Crippen LogP contribution in [0.4, 0.5) is 17.1 Å². The minimum absolute atomic E-state index is 0.289. The van der Waals surface area contributed by atoms with E-state index in [0.29, 0.717) is 16.6 Å². The van der Waals surface area contributed by atoms with Crippen molar-refractivity contribution < 1.29 is 9.90 Å². The average molecular weight is 450 g/mol. The molecule has 0 bridgehead atoms. The van der Waals surface area contributed by atoms with Gasteiger partial charge in [-0.25, -0.2) is 0 Å². The number of carbonyl (C=O) groups is 1. The van der Waals surface area contributed by atoms with Crippen molar-refractivity contribution in [3.05, 3.63) is 58.4 Å². The molecule has 0 radical (unpaired) electrons. The zero-order valence-electron chi connectivity index (χ0n) is 19.1. The second kappa shape index (κ2) is 9.95. The number of nitrogens with one attached hydrogen (secondary N) is 3. The highest BCUT2D eigenvalue weighted by molar-refractivity contribution is 6.09. The number of carbonyl (C=O) groups excluding carboxylic acids is 1. The fraction of sp³-hybridized carbons (Fsp3) is 0.360. The average Bonchev–Trinajstić information content (AvgIpc) is 2.83. The maximum Gasteiger partial charge on any atom is 0.265 e. The molecule has 0 aliphatic carbocycles. The Labute approximate surface area is 193 Å². The molecule has 4 N–H and O–H groups in total. The number of fused-ring (bicyclic) bond motifs is 1. The molecule has 174 valence electrons. The number of anilines is 3. The molecule has 2 aromatic carbocycles. The van der Waals surface area contributed by atoms with Gasteiger partial charge < -0.3 is 30.5 Å². The van der Waals surface area contributed by atoms with Gasteiger partial charge in [0.15, 0.2) is 0 Å². The predicted octanol–water partition coefficient (Wildman–Crippen LogP) is 3.13. The molecule has 0 saturated carbocycles. The third kappa shape index (κ3) is 4.80. The van der Waals surface area contributed by atoms with Gasteiger partial charge in [-0.15, -0.1) is 0 Å². The molecule has 1 fully saturated rings. The number of aromatic amines is 1. The molecule has 1 aliphatic rings. The maximum atomic E-state index is 12.9. The molecule has 1 aromatic heterocycles. The van der Waals surface area contributed by atoms with Crippen LogP contribution in [0.25, 0.3) is 10.9 Å². The van der Waals surface area contributed by atoms with Gasteiger partial charge >= 0.3 is 0 Å². The highest BCUT2D eigenvalue weighted by Crippen LogP contribution is 2.29. The largest absolute Gasteiger partial charge is 0.506 e. The molecule has 8 heteroatoms. The Morgan fingerprint density at radius 1 is 1.12 bits per heavy atom. The first-order valence-corrected chi connectivity index (χ1v) is 11.5. The monoisotopic (exact) mass is 449 g/mol. The van der Waals surface area contributed by atoms with Crippen molar-refractivity contribution in [3.8, 4) is 5.75 Å². The van der Waals surface area contributed by atoms with Crippen LogP contribution in [0.15, 0.2) is 47.3 Å². The van der Waals surface area contributed by atoms with Crippen LogP contribution in [0.3, 0.4) is 0 Å². The van der Waals surface area contributed by atoms with Crippen LogP contribution in [0.5, 0.6) is 5.75 Å². The molecular weight excluding hydrogens is 418 g/mol. The number of H-pyrrole nitrogens is 1. The third-order valence-corrected chi connectivity index (χ3v) is 6.05. The van der Waals surface area contributed by atoms with Crippen molar-refractivity contribution in [2.75, 3.05) is 54.4 Å². The Bertz CT molecular complexity index is 1180. The second-order valence-corrected chi connectivity index (χ2v) is 8.23. The molecule has 0 unspecified atom stereocenters. The molecule has 1 saturated heterocycles. The van der Waals surface area contributed by atoms with Gasteiger partial charge in [0.25, 0.3) is 11.5 Å². The summed E-state index contributed by atoms with van der Waals surface area (Å²) in [5, 5.41) is 17.3. The zero-order chi connectivity index (χ0) is 23.4. The van der Waals surface area contributed by atoms with Gasteiger partial charge in [0.2, 0.25) is 0 Å². The molecule has 2 heterocycles. The lowest BCUT2D eigenvalue weighted by atomic mass is 10.1. The summed E-state index contributed by atoms with van der Waals surface area (Å²) < 4.78 is 0. The summed E-state index contributed by atoms with van der Waals surface area (Å²) in [6, 6.07) is 13.0. The van der Waals surface area contributed by atoms with Gasteiger partial charge in [-0.05, 0) is 55.8 Å². The van der Waals surface area contributed by atoms with Gasteiger partial charge in [0.1, 0.15) is 11.3 Å². The number of aromatic hydroxyl groups is 1. The van der Waals surface area contributed by atoms with Crippen LogP contribution in [-0.2, 0) is 0 Å². The van der Waals surface area contributed by atoms with Crippen LogP contribution in [-0.4, -0.2) is 55.3 Å². The minimum atomic E-state index is -0.643. The zero-order valence-corrected chi connectivity index (χ0v) is 19.1. The van der Waals surface area contributed by atoms with E-state index < -0.39 is 11.5 Å². The molecule has 0 spiro atoms. The van der Waals surface area contributed by atoms with Crippen molar-refractivity contribution in [2.45, 2.75) is 20.3 Å². The lowest BCUT2D eigenvalue weighted by Gasteiger charge is -2.29. The normalized spacial score (nSPS) is 13.8. The summed E-state index contributed by atoms with van der Waals surface area (Å²) in [6.07, 6.45) is 1.05. The summed E-state index contributed by atoms with van der Waals surface area (Å²) in [5.41, 5.74) is 2.20. The number of hydrogen-bond donors (Lipinski definition) is 4. The smallest absolute Gasteiger partial charge is 0.265 e. The van der Waals surface area contributed by atoms with Crippen molar-refractivity contribution in [1.29, 1.82) is 0 Å². The van der Waals surface area contributed by atoms with E-state index in [-0.39, 0.29) is 11.3 Å². The van der Waals surface area contributed by atoms with Crippen LogP contribution in [0, 0.1) is 0 Å². The van der Waals surface area contributed by atoms with Crippen molar-refractivity contribution in [1.82, 2.24) is 10.3 Å². The summed E-state index contributed by atoms with van der Waals surface area (Å²) >= 11 is 0. The molecular formula is C25H31N5O3. The molecule has 1 aliphatic heterocycles. The first-order chi connectivity index (χ1) is 16.0. The Kier molecular flexibility index (Phi) is 6.84. The Morgan fingerprint density at radius 2 is 1.85 bits per heavy atom. The van der Waals surface area contributed by atoms with Gasteiger partial charge in [-0.2, -0.15) is 0 Å². The first-order valence-electron chi connectivity index (χ1n) is 11.5. The number of aromatic nitrogens is 1. The van der Waals surface area contributed by atoms with Gasteiger partial charge in [-0.3, -0.25) is 9.59 Å².